The van der Waals surface area contributed by atoms with E-state index in [1.165, 1.54) is 58.9 Å². The molecule has 0 saturated carbocycles. The minimum absolute atomic E-state index is 0.0330. The standard InChI is InChI=1S/C56H54BNO2S/c1-33-26-34(2)28-35(27-33)36-29-46-51-47(30-36)60-48-32-44(58(40-21-16-37(17-22-40)54(3,4)5)41-23-18-38(19-24-41)55(6,7)8)53-50(42-14-12-13-15-49(42)61-53)52(48)57(51)43-31-39(56(9,10)11)20-25-45(43)59-46/h12-32H,1-11H3. The van der Waals surface area contributed by atoms with Gasteiger partial charge in [0.1, 0.15) is 23.0 Å². The quantitative estimate of drug-likeness (QED) is 0.165. The van der Waals surface area contributed by atoms with Gasteiger partial charge in [0.15, 0.2) is 0 Å². The Labute approximate surface area is 366 Å². The largest absolute Gasteiger partial charge is 0.458 e. The van der Waals surface area contributed by atoms with E-state index in [9.17, 15) is 0 Å². The van der Waals surface area contributed by atoms with Crippen LogP contribution in [0.3, 0.4) is 0 Å². The predicted molar refractivity (Wildman–Crippen MR) is 263 cm³/mol. The highest BCUT2D eigenvalue weighted by molar-refractivity contribution is 7.27. The van der Waals surface area contributed by atoms with E-state index < -0.39 is 0 Å². The summed E-state index contributed by atoms with van der Waals surface area (Å²) in [6, 6.07) is 47.6. The molecule has 0 radical (unpaired) electrons. The van der Waals surface area contributed by atoms with Gasteiger partial charge in [-0.05, 0) is 117 Å². The van der Waals surface area contributed by atoms with Crippen LogP contribution in [0.5, 0.6) is 23.0 Å². The van der Waals surface area contributed by atoms with E-state index in [4.69, 9.17) is 9.47 Å². The molecule has 0 unspecified atom stereocenters. The van der Waals surface area contributed by atoms with Gasteiger partial charge in [0.2, 0.25) is 0 Å². The van der Waals surface area contributed by atoms with Crippen molar-refractivity contribution in [3.8, 4) is 34.1 Å². The summed E-state index contributed by atoms with van der Waals surface area (Å²) in [6.45, 7) is 24.8. The first-order valence-corrected chi connectivity index (χ1v) is 22.5. The van der Waals surface area contributed by atoms with E-state index in [2.05, 4.69) is 208 Å². The van der Waals surface area contributed by atoms with Crippen LogP contribution in [0.2, 0.25) is 0 Å². The summed E-state index contributed by atoms with van der Waals surface area (Å²) >= 11 is 1.87. The van der Waals surface area contributed by atoms with E-state index >= 15 is 0 Å². The molecule has 5 heteroatoms. The molecule has 3 nitrogen and oxygen atoms in total. The van der Waals surface area contributed by atoms with E-state index in [1.54, 1.807) is 0 Å². The lowest BCUT2D eigenvalue weighted by Gasteiger charge is -2.36. The molecule has 61 heavy (non-hydrogen) atoms. The van der Waals surface area contributed by atoms with Crippen LogP contribution < -0.4 is 30.8 Å². The normalized spacial score (nSPS) is 13.4. The summed E-state index contributed by atoms with van der Waals surface area (Å²) in [5.74, 6) is 3.48. The lowest BCUT2D eigenvalue weighted by atomic mass is 9.34. The van der Waals surface area contributed by atoms with Gasteiger partial charge in [-0.25, -0.2) is 0 Å². The SMILES string of the molecule is Cc1cc(C)cc(-c2cc3c4c(c2)Oc2cc(N(c5ccc(C(C)(C)C)cc5)c5ccc(C(C)(C)C)cc5)c5sc6ccccc6c5c2B4c2cc(C(C)(C)C)ccc2O3)c1. The number of hydrogen-bond donors (Lipinski definition) is 0. The van der Waals surface area contributed by atoms with Gasteiger partial charge in [0.05, 0.1) is 10.4 Å². The predicted octanol–water partition coefficient (Wildman–Crippen LogP) is 14.4. The zero-order valence-electron chi connectivity index (χ0n) is 37.4. The van der Waals surface area contributed by atoms with Crippen LogP contribution in [0, 0.1) is 13.8 Å². The van der Waals surface area contributed by atoms with Crippen molar-refractivity contribution in [2.45, 2.75) is 92.4 Å². The lowest BCUT2D eigenvalue weighted by molar-refractivity contribution is 0.465. The van der Waals surface area contributed by atoms with Gasteiger partial charge in [0, 0.05) is 38.4 Å². The molecule has 0 bridgehead atoms. The number of nitrogens with zero attached hydrogens (tertiary/aromatic N) is 1. The first-order chi connectivity index (χ1) is 28.9. The lowest BCUT2D eigenvalue weighted by Crippen LogP contribution is -2.57. The average Bonchev–Trinajstić information content (AvgIpc) is 3.59. The molecule has 3 heterocycles. The van der Waals surface area contributed by atoms with Crippen LogP contribution in [0.25, 0.3) is 31.3 Å². The molecule has 304 valence electrons. The first-order valence-electron chi connectivity index (χ1n) is 21.7. The molecule has 1 aromatic heterocycles. The Morgan fingerprint density at radius 3 is 1.57 bits per heavy atom. The molecular weight excluding hydrogens is 761 g/mol. The summed E-state index contributed by atoms with van der Waals surface area (Å²) in [4.78, 5) is 2.45. The third-order valence-electron chi connectivity index (χ3n) is 12.7. The second kappa shape index (κ2) is 13.9. The average molecular weight is 816 g/mol. The Hall–Kier alpha value is -5.78. The Morgan fingerprint density at radius 1 is 0.492 bits per heavy atom. The number of anilines is 3. The molecule has 0 saturated heterocycles. The van der Waals surface area contributed by atoms with E-state index in [-0.39, 0.29) is 23.0 Å². The number of aryl methyl sites for hydroxylation is 2. The number of ether oxygens (including phenoxy) is 2. The highest BCUT2D eigenvalue weighted by Crippen LogP contribution is 2.49. The van der Waals surface area contributed by atoms with E-state index in [1.807, 2.05) is 11.3 Å². The topological polar surface area (TPSA) is 21.7 Å². The number of hydrogen-bond acceptors (Lipinski definition) is 4. The van der Waals surface area contributed by atoms with Gasteiger partial charge < -0.3 is 14.4 Å². The van der Waals surface area contributed by atoms with Crippen molar-refractivity contribution in [3.63, 3.8) is 0 Å². The number of thiophene rings is 1. The molecule has 0 fully saturated rings. The van der Waals surface area contributed by atoms with Crippen molar-refractivity contribution in [3.05, 3.63) is 155 Å². The van der Waals surface area contributed by atoms with Crippen molar-refractivity contribution in [2.24, 2.45) is 0 Å². The van der Waals surface area contributed by atoms with Crippen LogP contribution in [0.1, 0.15) is 90.1 Å². The summed E-state index contributed by atoms with van der Waals surface area (Å²) in [5.41, 5.74) is 15.4. The number of fused-ring (bicyclic) bond motifs is 8. The molecule has 2 aliphatic rings. The van der Waals surface area contributed by atoms with E-state index in [0.29, 0.717) is 0 Å². The summed E-state index contributed by atoms with van der Waals surface area (Å²) in [7, 11) is 0. The molecule has 8 aromatic rings. The number of benzene rings is 7. The van der Waals surface area contributed by atoms with Gasteiger partial charge in [-0.2, -0.15) is 0 Å². The van der Waals surface area contributed by atoms with Crippen LogP contribution in [-0.2, 0) is 16.2 Å². The third kappa shape index (κ3) is 6.73. The van der Waals surface area contributed by atoms with Gasteiger partial charge in [-0.1, -0.05) is 146 Å². The van der Waals surface area contributed by atoms with Crippen molar-refractivity contribution >= 4 is 71.7 Å². The Balaban J connectivity index is 1.28. The molecule has 0 atom stereocenters. The molecule has 0 N–H and O–H groups in total. The third-order valence-corrected chi connectivity index (χ3v) is 13.9. The zero-order valence-corrected chi connectivity index (χ0v) is 38.2. The fourth-order valence-corrected chi connectivity index (χ4v) is 10.7. The van der Waals surface area contributed by atoms with Gasteiger partial charge >= 0.3 is 0 Å². The zero-order chi connectivity index (χ0) is 42.7. The van der Waals surface area contributed by atoms with Crippen LogP contribution >= 0.6 is 11.3 Å². The van der Waals surface area contributed by atoms with Gasteiger partial charge in [-0.3, -0.25) is 0 Å². The maximum absolute atomic E-state index is 7.37. The van der Waals surface area contributed by atoms with Crippen LogP contribution in [0.4, 0.5) is 17.1 Å². The molecule has 10 rings (SSSR count). The van der Waals surface area contributed by atoms with Crippen LogP contribution in [-0.4, -0.2) is 6.71 Å². The van der Waals surface area contributed by atoms with Crippen molar-refractivity contribution in [2.75, 3.05) is 4.90 Å². The van der Waals surface area contributed by atoms with Gasteiger partial charge in [0.25, 0.3) is 6.71 Å². The van der Waals surface area contributed by atoms with Crippen molar-refractivity contribution < 1.29 is 9.47 Å². The molecule has 0 amide bonds. The highest BCUT2D eigenvalue weighted by Gasteiger charge is 2.43. The van der Waals surface area contributed by atoms with Crippen LogP contribution in [0.15, 0.2) is 127 Å². The maximum Gasteiger partial charge on any atom is 0.261 e. The molecule has 2 aliphatic heterocycles. The second-order valence-corrected chi connectivity index (χ2v) is 21.5. The first kappa shape index (κ1) is 39.4. The molecular formula is C56H54BNO2S. The molecule has 0 spiro atoms. The maximum atomic E-state index is 7.37. The van der Waals surface area contributed by atoms with Gasteiger partial charge in [-0.15, -0.1) is 11.3 Å². The Kier molecular flexibility index (Phi) is 8.95. The van der Waals surface area contributed by atoms with Crippen molar-refractivity contribution in [1.82, 2.24) is 0 Å². The minimum atomic E-state index is -0.103. The smallest absolute Gasteiger partial charge is 0.261 e. The Morgan fingerprint density at radius 2 is 1.00 bits per heavy atom. The Bertz CT molecular complexity index is 2970. The summed E-state index contributed by atoms with van der Waals surface area (Å²) in [6.07, 6.45) is 0. The van der Waals surface area contributed by atoms with E-state index in [0.717, 1.165) is 56.6 Å². The molecule has 0 aliphatic carbocycles. The minimum Gasteiger partial charge on any atom is -0.458 e. The summed E-state index contributed by atoms with van der Waals surface area (Å²) < 4.78 is 16.8. The highest BCUT2D eigenvalue weighted by atomic mass is 32.1. The molecule has 7 aromatic carbocycles. The summed E-state index contributed by atoms with van der Waals surface area (Å²) in [5, 5.41) is 2.48. The monoisotopic (exact) mass is 815 g/mol. The number of rotatable bonds is 4. The fourth-order valence-electron chi connectivity index (χ4n) is 9.46. The van der Waals surface area contributed by atoms with Crippen molar-refractivity contribution in [1.29, 1.82) is 0 Å². The fraction of sp³-hybridized carbons (Fsp3) is 0.250. The second-order valence-electron chi connectivity index (χ2n) is 20.4.